The number of carbonyl (C=O) groups excluding carboxylic acids is 1. The highest BCUT2D eigenvalue weighted by Gasteiger charge is 2.12. The molecule has 0 spiro atoms. The topological polar surface area (TPSA) is 81.2 Å². The number of nitrogens with zero attached hydrogens (tertiary/aromatic N) is 2. The average Bonchev–Trinajstić information content (AvgIpc) is 3.08. The Kier molecular flexibility index (Phi) is 7.40. The van der Waals surface area contributed by atoms with Crippen LogP contribution < -0.4 is 10.1 Å². The van der Waals surface area contributed by atoms with Crippen LogP contribution in [-0.2, 0) is 22.6 Å². The molecule has 0 aliphatic heterocycles. The smallest absolute Gasteiger partial charge is 0.240 e. The molecule has 0 aliphatic rings. The summed E-state index contributed by atoms with van der Waals surface area (Å²) in [6.45, 7) is 1.42. The number of ether oxygens (including phenoxy) is 2. The predicted octanol–water partition coefficient (Wildman–Crippen LogP) is 3.60. The Balaban J connectivity index is 1.62. The van der Waals surface area contributed by atoms with Crippen molar-refractivity contribution < 1.29 is 14.3 Å². The van der Waals surface area contributed by atoms with Crippen LogP contribution in [0.2, 0.25) is 5.02 Å². The fourth-order valence-corrected chi connectivity index (χ4v) is 2.99. The van der Waals surface area contributed by atoms with Gasteiger partial charge in [0, 0.05) is 24.2 Å². The van der Waals surface area contributed by atoms with Crippen molar-refractivity contribution >= 4 is 29.7 Å². The summed E-state index contributed by atoms with van der Waals surface area (Å²) in [5, 5.41) is 10.5. The fourth-order valence-electron chi connectivity index (χ4n) is 2.67. The Morgan fingerprint density at radius 2 is 2.03 bits per heavy atom. The number of aromatic nitrogens is 3. The lowest BCUT2D eigenvalue weighted by Crippen LogP contribution is -2.27. The van der Waals surface area contributed by atoms with Gasteiger partial charge in [-0.2, -0.15) is 5.10 Å². The third-order valence-electron chi connectivity index (χ3n) is 4.11. The minimum Gasteiger partial charge on any atom is -0.491 e. The van der Waals surface area contributed by atoms with Crippen LogP contribution >= 0.6 is 23.8 Å². The van der Waals surface area contributed by atoms with Crippen molar-refractivity contribution in [3.63, 3.8) is 0 Å². The molecule has 152 valence electrons. The number of amides is 1. The Hall–Kier alpha value is -2.68. The molecule has 0 saturated carbocycles. The molecule has 7 nitrogen and oxygen atoms in total. The number of methoxy groups -OCH3 is 1. The van der Waals surface area contributed by atoms with Crippen molar-refractivity contribution in [1.29, 1.82) is 0 Å². The van der Waals surface area contributed by atoms with Crippen LogP contribution in [0, 0.1) is 4.77 Å². The standard InChI is InChI=1S/C20H21ClN4O3S/c1-27-9-10-28-17-4-2-3-14(11-17)12-22-18(26)13-25-19(23-24-20(25)29)15-5-7-16(21)8-6-15/h2-8,11H,9-10,12-13H2,1H3,(H,22,26)(H,24,29). The number of halogens is 1. The fraction of sp³-hybridized carbons (Fsp3) is 0.250. The summed E-state index contributed by atoms with van der Waals surface area (Å²) in [6, 6.07) is 14.7. The lowest BCUT2D eigenvalue weighted by atomic mass is 10.2. The van der Waals surface area contributed by atoms with Crippen molar-refractivity contribution in [2.75, 3.05) is 20.3 Å². The molecule has 9 heteroatoms. The van der Waals surface area contributed by atoms with Crippen molar-refractivity contribution in [3.05, 3.63) is 63.9 Å². The van der Waals surface area contributed by atoms with E-state index in [0.29, 0.717) is 35.4 Å². The molecule has 29 heavy (non-hydrogen) atoms. The lowest BCUT2D eigenvalue weighted by Gasteiger charge is -2.10. The van der Waals surface area contributed by atoms with Crippen LogP contribution in [0.5, 0.6) is 5.75 Å². The molecule has 0 unspecified atom stereocenters. The first-order chi connectivity index (χ1) is 14.1. The third kappa shape index (κ3) is 5.90. The average molecular weight is 433 g/mol. The van der Waals surface area contributed by atoms with E-state index in [1.54, 1.807) is 23.8 Å². The third-order valence-corrected chi connectivity index (χ3v) is 4.67. The van der Waals surface area contributed by atoms with Gasteiger partial charge in [0.05, 0.1) is 6.61 Å². The van der Waals surface area contributed by atoms with E-state index in [2.05, 4.69) is 15.5 Å². The first-order valence-corrected chi connectivity index (χ1v) is 9.74. The molecule has 3 rings (SSSR count). The molecule has 0 atom stereocenters. The van der Waals surface area contributed by atoms with E-state index in [1.165, 1.54) is 0 Å². The molecule has 0 fully saturated rings. The number of benzene rings is 2. The summed E-state index contributed by atoms with van der Waals surface area (Å²) in [7, 11) is 1.62. The molecular weight excluding hydrogens is 412 g/mol. The van der Waals surface area contributed by atoms with Gasteiger partial charge in [0.15, 0.2) is 10.6 Å². The molecule has 1 amide bonds. The van der Waals surface area contributed by atoms with Gasteiger partial charge >= 0.3 is 0 Å². The zero-order valence-corrected chi connectivity index (χ0v) is 17.4. The lowest BCUT2D eigenvalue weighted by molar-refractivity contribution is -0.121. The highest BCUT2D eigenvalue weighted by molar-refractivity contribution is 7.71. The second-order valence-electron chi connectivity index (χ2n) is 6.21. The van der Waals surface area contributed by atoms with E-state index in [1.807, 2.05) is 36.4 Å². The summed E-state index contributed by atoms with van der Waals surface area (Å²) in [5.74, 6) is 1.13. The summed E-state index contributed by atoms with van der Waals surface area (Å²) < 4.78 is 12.6. The second-order valence-corrected chi connectivity index (χ2v) is 7.03. The first-order valence-electron chi connectivity index (χ1n) is 8.95. The van der Waals surface area contributed by atoms with Crippen LogP contribution in [0.15, 0.2) is 48.5 Å². The minimum absolute atomic E-state index is 0.0529. The van der Waals surface area contributed by atoms with Crippen molar-refractivity contribution in [2.24, 2.45) is 0 Å². The monoisotopic (exact) mass is 432 g/mol. The highest BCUT2D eigenvalue weighted by Crippen LogP contribution is 2.20. The second kappa shape index (κ2) is 10.2. The van der Waals surface area contributed by atoms with Gasteiger partial charge in [-0.25, -0.2) is 0 Å². The summed E-state index contributed by atoms with van der Waals surface area (Å²) in [6.07, 6.45) is 0. The molecule has 2 N–H and O–H groups in total. The van der Waals surface area contributed by atoms with Gasteiger partial charge in [-0.3, -0.25) is 14.5 Å². The zero-order chi connectivity index (χ0) is 20.6. The molecule has 0 radical (unpaired) electrons. The van der Waals surface area contributed by atoms with Crippen molar-refractivity contribution in [3.8, 4) is 17.1 Å². The number of carbonyl (C=O) groups is 1. The van der Waals surface area contributed by atoms with E-state index in [0.717, 1.165) is 16.9 Å². The van der Waals surface area contributed by atoms with Crippen LogP contribution in [0.25, 0.3) is 11.4 Å². The van der Waals surface area contributed by atoms with Crippen LogP contribution in [-0.4, -0.2) is 41.0 Å². The maximum Gasteiger partial charge on any atom is 0.240 e. The molecule has 0 bridgehead atoms. The van der Waals surface area contributed by atoms with Crippen LogP contribution in [0.3, 0.4) is 0 Å². The number of aromatic amines is 1. The molecule has 3 aromatic rings. The quantitative estimate of drug-likeness (QED) is 0.399. The summed E-state index contributed by atoms with van der Waals surface area (Å²) in [4.78, 5) is 12.5. The first kappa shape index (κ1) is 21.0. The SMILES string of the molecule is COCCOc1cccc(CNC(=O)Cn2c(-c3ccc(Cl)cc3)n[nH]c2=S)c1. The van der Waals surface area contributed by atoms with Crippen molar-refractivity contribution in [1.82, 2.24) is 20.1 Å². The van der Waals surface area contributed by atoms with E-state index < -0.39 is 0 Å². The van der Waals surface area contributed by atoms with Gasteiger partial charge in [-0.05, 0) is 54.2 Å². The Morgan fingerprint density at radius 1 is 1.24 bits per heavy atom. The maximum atomic E-state index is 12.5. The maximum absolute atomic E-state index is 12.5. The van der Waals surface area contributed by atoms with Gasteiger partial charge in [0.1, 0.15) is 18.9 Å². The highest BCUT2D eigenvalue weighted by atomic mass is 35.5. The number of H-pyrrole nitrogens is 1. The Morgan fingerprint density at radius 3 is 2.79 bits per heavy atom. The van der Waals surface area contributed by atoms with E-state index in [-0.39, 0.29) is 12.5 Å². The molecular formula is C20H21ClN4O3S. The molecule has 0 aliphatic carbocycles. The largest absolute Gasteiger partial charge is 0.491 e. The molecule has 2 aromatic carbocycles. The predicted molar refractivity (Wildman–Crippen MR) is 114 cm³/mol. The van der Waals surface area contributed by atoms with Crippen LogP contribution in [0.4, 0.5) is 0 Å². The molecule has 1 aromatic heterocycles. The van der Waals surface area contributed by atoms with Crippen LogP contribution in [0.1, 0.15) is 5.56 Å². The minimum atomic E-state index is -0.177. The van der Waals surface area contributed by atoms with Gasteiger partial charge in [0.2, 0.25) is 5.91 Å². The summed E-state index contributed by atoms with van der Waals surface area (Å²) >= 11 is 11.2. The van der Waals surface area contributed by atoms with Gasteiger partial charge in [-0.15, -0.1) is 0 Å². The number of hydrogen-bond acceptors (Lipinski definition) is 5. The molecule has 1 heterocycles. The Bertz CT molecular complexity index is 1020. The summed E-state index contributed by atoms with van der Waals surface area (Å²) in [5.41, 5.74) is 1.75. The van der Waals surface area contributed by atoms with E-state index >= 15 is 0 Å². The zero-order valence-electron chi connectivity index (χ0n) is 15.9. The molecule has 0 saturated heterocycles. The normalized spacial score (nSPS) is 10.7. The number of hydrogen-bond donors (Lipinski definition) is 2. The van der Waals surface area contributed by atoms with E-state index in [9.17, 15) is 4.79 Å². The van der Waals surface area contributed by atoms with Crippen molar-refractivity contribution in [2.45, 2.75) is 13.1 Å². The Labute approximate surface area is 178 Å². The number of rotatable bonds is 9. The van der Waals surface area contributed by atoms with Gasteiger partial charge in [-0.1, -0.05) is 23.7 Å². The van der Waals surface area contributed by atoms with E-state index in [4.69, 9.17) is 33.3 Å². The van der Waals surface area contributed by atoms with Gasteiger partial charge in [0.25, 0.3) is 0 Å². The number of nitrogens with one attached hydrogen (secondary N) is 2. The van der Waals surface area contributed by atoms with Gasteiger partial charge < -0.3 is 14.8 Å².